The maximum Gasteiger partial charge on any atom is 0.416 e. The topological polar surface area (TPSA) is 81.4 Å². The number of imidazole rings is 1. The van der Waals surface area contributed by atoms with Gasteiger partial charge in [-0.1, -0.05) is 36.4 Å². The summed E-state index contributed by atoms with van der Waals surface area (Å²) >= 11 is 0. The Hall–Kier alpha value is -3.88. The number of alkyl halides is 3. The summed E-state index contributed by atoms with van der Waals surface area (Å²) in [5, 5.41) is 8.94. The molecule has 0 saturated heterocycles. The van der Waals surface area contributed by atoms with Gasteiger partial charge in [0.2, 0.25) is 5.78 Å². The number of rotatable bonds is 8. The fourth-order valence-electron chi connectivity index (χ4n) is 2.85. The van der Waals surface area contributed by atoms with Gasteiger partial charge in [-0.3, -0.25) is 4.79 Å². The van der Waals surface area contributed by atoms with Crippen LogP contribution in [0, 0.1) is 0 Å². The van der Waals surface area contributed by atoms with E-state index in [9.17, 15) is 22.8 Å². The number of allylic oxidation sites excluding steroid dienone is 1. The zero-order valence-corrected chi connectivity index (χ0v) is 16.9. The highest BCUT2D eigenvalue weighted by Gasteiger charge is 2.30. The fraction of sp³-hybridized carbons (Fsp3) is 0.174. The van der Waals surface area contributed by atoms with Crippen molar-refractivity contribution in [3.05, 3.63) is 89.5 Å². The minimum absolute atomic E-state index is 0.0989. The number of halogens is 3. The zero-order valence-electron chi connectivity index (χ0n) is 16.9. The highest BCUT2D eigenvalue weighted by Crippen LogP contribution is 2.29. The van der Waals surface area contributed by atoms with Crippen LogP contribution in [0.1, 0.15) is 34.2 Å². The largest absolute Gasteiger partial charge is 0.479 e. The smallest absolute Gasteiger partial charge is 0.416 e. The number of ether oxygens (including phenoxy) is 1. The first-order valence-corrected chi connectivity index (χ1v) is 9.54. The van der Waals surface area contributed by atoms with E-state index in [1.54, 1.807) is 47.2 Å². The van der Waals surface area contributed by atoms with Crippen molar-refractivity contribution < 1.29 is 32.6 Å². The molecule has 1 aromatic heterocycles. The molecule has 3 aromatic rings. The summed E-state index contributed by atoms with van der Waals surface area (Å²) in [4.78, 5) is 27.6. The summed E-state index contributed by atoms with van der Waals surface area (Å²) in [7, 11) is 0. The average Bonchev–Trinajstić information content (AvgIpc) is 3.21. The van der Waals surface area contributed by atoms with E-state index < -0.39 is 29.6 Å². The first-order chi connectivity index (χ1) is 15.1. The van der Waals surface area contributed by atoms with E-state index >= 15 is 0 Å². The molecule has 0 aliphatic carbocycles. The van der Waals surface area contributed by atoms with E-state index in [-0.39, 0.29) is 11.4 Å². The van der Waals surface area contributed by atoms with Gasteiger partial charge in [0.05, 0.1) is 5.56 Å². The Morgan fingerprint density at radius 3 is 2.56 bits per heavy atom. The Bertz CT molecular complexity index is 1130. The Balaban J connectivity index is 1.69. The number of ketones is 1. The average molecular weight is 444 g/mol. The van der Waals surface area contributed by atoms with Crippen LogP contribution < -0.4 is 4.74 Å². The van der Waals surface area contributed by atoms with Crippen LogP contribution in [0.25, 0.3) is 6.08 Å². The molecule has 0 amide bonds. The molecule has 0 aliphatic rings. The Labute approximate surface area is 181 Å². The number of carboxylic acids is 1. The normalized spacial score (nSPS) is 12.6. The summed E-state index contributed by atoms with van der Waals surface area (Å²) in [6.45, 7) is 1.72. The standard InChI is InChI=1S/C23H19F3N2O4/c1-15(22(30)31)32-19-6-2-4-16(14-19)5-3-12-28-13-11-27-21(28)20(29)17-7-9-18(10-8-17)23(24,25)26/h2-11,13-15H,12H2,1H3,(H,30,31)/b5-3+/t15-/m1/s1. The van der Waals surface area contributed by atoms with E-state index in [0.717, 1.165) is 29.8 Å². The van der Waals surface area contributed by atoms with Gasteiger partial charge in [0.1, 0.15) is 5.75 Å². The Kier molecular flexibility index (Phi) is 6.77. The third-order valence-corrected chi connectivity index (χ3v) is 4.52. The third kappa shape index (κ3) is 5.63. The second-order valence-corrected chi connectivity index (χ2v) is 6.88. The summed E-state index contributed by atoms with van der Waals surface area (Å²) in [5.74, 6) is -1.06. The van der Waals surface area contributed by atoms with Crippen molar-refractivity contribution in [2.75, 3.05) is 0 Å². The van der Waals surface area contributed by atoms with Gasteiger partial charge in [-0.15, -0.1) is 0 Å². The Morgan fingerprint density at radius 2 is 1.91 bits per heavy atom. The predicted molar refractivity (Wildman–Crippen MR) is 110 cm³/mol. The van der Waals surface area contributed by atoms with Crippen molar-refractivity contribution in [3.8, 4) is 5.75 Å². The van der Waals surface area contributed by atoms with Gasteiger partial charge in [-0.25, -0.2) is 9.78 Å². The van der Waals surface area contributed by atoms with Crippen LogP contribution in [0.4, 0.5) is 13.2 Å². The molecule has 2 aromatic carbocycles. The van der Waals surface area contributed by atoms with Crippen LogP contribution in [0.3, 0.4) is 0 Å². The van der Waals surface area contributed by atoms with Crippen molar-refractivity contribution >= 4 is 17.8 Å². The van der Waals surface area contributed by atoms with Gasteiger partial charge in [0.15, 0.2) is 11.9 Å². The first kappa shape index (κ1) is 22.8. The van der Waals surface area contributed by atoms with Crippen LogP contribution in [0.2, 0.25) is 0 Å². The van der Waals surface area contributed by atoms with Crippen molar-refractivity contribution in [2.24, 2.45) is 0 Å². The van der Waals surface area contributed by atoms with E-state index in [2.05, 4.69) is 4.98 Å². The lowest BCUT2D eigenvalue weighted by Crippen LogP contribution is -2.22. The van der Waals surface area contributed by atoms with Crippen LogP contribution in [0.15, 0.2) is 67.0 Å². The molecule has 0 unspecified atom stereocenters. The maximum atomic E-state index is 12.7. The molecule has 1 N–H and O–H groups in total. The summed E-state index contributed by atoms with van der Waals surface area (Å²) < 4.78 is 45.1. The van der Waals surface area contributed by atoms with E-state index in [0.29, 0.717) is 12.3 Å². The van der Waals surface area contributed by atoms with Crippen molar-refractivity contribution in [3.63, 3.8) is 0 Å². The van der Waals surface area contributed by atoms with Crippen molar-refractivity contribution in [1.82, 2.24) is 9.55 Å². The number of carbonyl (C=O) groups excluding carboxylic acids is 1. The van der Waals surface area contributed by atoms with Crippen molar-refractivity contribution in [2.45, 2.75) is 25.7 Å². The van der Waals surface area contributed by atoms with Crippen molar-refractivity contribution in [1.29, 1.82) is 0 Å². The number of aliphatic carboxylic acids is 1. The molecule has 0 bridgehead atoms. The number of carboxylic acid groups (broad SMARTS) is 1. The number of aromatic nitrogens is 2. The number of benzene rings is 2. The fourth-order valence-corrected chi connectivity index (χ4v) is 2.85. The van der Waals surface area contributed by atoms with Crippen LogP contribution in [0.5, 0.6) is 5.75 Å². The quantitative estimate of drug-likeness (QED) is 0.510. The monoisotopic (exact) mass is 444 g/mol. The van der Waals surface area contributed by atoms with E-state index in [4.69, 9.17) is 9.84 Å². The second kappa shape index (κ2) is 9.51. The third-order valence-electron chi connectivity index (χ3n) is 4.52. The van der Waals surface area contributed by atoms with Gasteiger partial charge in [-0.05, 0) is 36.8 Å². The molecule has 0 aliphatic heterocycles. The molecule has 1 atom stereocenters. The minimum atomic E-state index is -4.47. The van der Waals surface area contributed by atoms with E-state index in [1.165, 1.54) is 13.1 Å². The molecule has 32 heavy (non-hydrogen) atoms. The molecule has 6 nitrogen and oxygen atoms in total. The van der Waals surface area contributed by atoms with Gasteiger partial charge in [0.25, 0.3) is 0 Å². The lowest BCUT2D eigenvalue weighted by atomic mass is 10.1. The Morgan fingerprint density at radius 1 is 1.19 bits per heavy atom. The van der Waals surface area contributed by atoms with Crippen LogP contribution in [-0.2, 0) is 17.5 Å². The molecule has 1 heterocycles. The predicted octanol–water partition coefficient (Wildman–Crippen LogP) is 4.70. The minimum Gasteiger partial charge on any atom is -0.479 e. The van der Waals surface area contributed by atoms with E-state index in [1.807, 2.05) is 0 Å². The van der Waals surface area contributed by atoms with Crippen LogP contribution in [-0.4, -0.2) is 32.5 Å². The molecular formula is C23H19F3N2O4. The van der Waals surface area contributed by atoms with Crippen LogP contribution >= 0.6 is 0 Å². The molecule has 3 rings (SSSR count). The first-order valence-electron chi connectivity index (χ1n) is 9.54. The highest BCUT2D eigenvalue weighted by atomic mass is 19.4. The highest BCUT2D eigenvalue weighted by molar-refractivity contribution is 6.06. The van der Waals surface area contributed by atoms with Gasteiger partial charge in [0, 0.05) is 24.5 Å². The molecule has 9 heteroatoms. The van der Waals surface area contributed by atoms with Gasteiger partial charge in [-0.2, -0.15) is 13.2 Å². The molecule has 0 spiro atoms. The van der Waals surface area contributed by atoms with Gasteiger partial charge < -0.3 is 14.4 Å². The number of hydrogen-bond donors (Lipinski definition) is 1. The van der Waals surface area contributed by atoms with Gasteiger partial charge >= 0.3 is 12.1 Å². The molecule has 166 valence electrons. The molecular weight excluding hydrogens is 425 g/mol. The molecule has 0 fully saturated rings. The second-order valence-electron chi connectivity index (χ2n) is 6.88. The summed E-state index contributed by atoms with van der Waals surface area (Å²) in [6, 6.07) is 10.8. The zero-order chi connectivity index (χ0) is 23.3. The maximum absolute atomic E-state index is 12.7. The number of carbonyl (C=O) groups is 2. The number of hydrogen-bond acceptors (Lipinski definition) is 4. The SMILES string of the molecule is C[C@@H](Oc1cccc(/C=C/Cn2ccnc2C(=O)c2ccc(C(F)(F)F)cc2)c1)C(=O)O. The molecule has 0 radical (unpaired) electrons. The molecule has 0 saturated carbocycles. The lowest BCUT2D eigenvalue weighted by Gasteiger charge is -2.10. The number of nitrogens with zero attached hydrogens (tertiary/aromatic N) is 2. The lowest BCUT2D eigenvalue weighted by molar-refractivity contribution is -0.144. The summed E-state index contributed by atoms with van der Waals surface area (Å²) in [6.07, 6.45) is 1.11. The summed E-state index contributed by atoms with van der Waals surface area (Å²) in [5.41, 5.74) is 0.0342.